The topological polar surface area (TPSA) is 72.8 Å². The highest BCUT2D eigenvalue weighted by atomic mass is 32.2. The zero-order valence-electron chi connectivity index (χ0n) is 13.7. The van der Waals surface area contributed by atoms with Crippen LogP contribution in [0.15, 0.2) is 0 Å². The number of hydrogen-bond acceptors (Lipinski definition) is 4. The number of quaternary nitrogens is 1. The molecular weight excluding hydrogens is 294 g/mol. The van der Waals surface area contributed by atoms with Gasteiger partial charge < -0.3 is 14.0 Å². The van der Waals surface area contributed by atoms with Crippen molar-refractivity contribution < 1.29 is 26.9 Å². The van der Waals surface area contributed by atoms with E-state index >= 15 is 0 Å². The van der Waals surface area contributed by atoms with E-state index in [0.717, 1.165) is 43.5 Å². The maximum Gasteiger partial charge on any atom is 0.265 e. The monoisotopic (exact) mass is 326 g/mol. The number of ether oxygens (including phenoxy) is 2. The van der Waals surface area contributed by atoms with Crippen LogP contribution < -0.4 is 0 Å². The van der Waals surface area contributed by atoms with Crippen molar-refractivity contribution in [2.24, 2.45) is 0 Å². The van der Waals surface area contributed by atoms with E-state index in [-0.39, 0.29) is 5.75 Å². The Morgan fingerprint density at radius 1 is 0.952 bits per heavy atom. The van der Waals surface area contributed by atoms with Gasteiger partial charge in [0.15, 0.2) is 0 Å². The third-order valence-corrected chi connectivity index (χ3v) is 4.38. The standard InChI is InChI=1S/C14H31NO5S/c1-4-7-15(8-5-2,9-6-14-21(16,17)18)10-11-20-13-12-19-3/h4-14H2,1-3H3/p+1. The largest absolute Gasteiger partial charge is 0.382 e. The minimum Gasteiger partial charge on any atom is -0.382 e. The fourth-order valence-electron chi connectivity index (χ4n) is 2.70. The molecule has 0 aromatic carbocycles. The molecule has 0 aliphatic carbocycles. The van der Waals surface area contributed by atoms with Gasteiger partial charge in [-0.3, -0.25) is 4.55 Å². The van der Waals surface area contributed by atoms with Crippen molar-refractivity contribution in [1.29, 1.82) is 0 Å². The average Bonchev–Trinajstić information content (AvgIpc) is 2.37. The number of rotatable bonds is 14. The second-order valence-electron chi connectivity index (χ2n) is 5.48. The fraction of sp³-hybridized carbons (Fsp3) is 1.00. The van der Waals surface area contributed by atoms with Crippen molar-refractivity contribution in [3.8, 4) is 0 Å². The summed E-state index contributed by atoms with van der Waals surface area (Å²) in [6.07, 6.45) is 2.57. The van der Waals surface area contributed by atoms with Gasteiger partial charge in [0.05, 0.1) is 45.2 Å². The van der Waals surface area contributed by atoms with Crippen molar-refractivity contribution in [3.63, 3.8) is 0 Å². The summed E-state index contributed by atoms with van der Waals surface area (Å²) >= 11 is 0. The van der Waals surface area contributed by atoms with Crippen LogP contribution in [0.2, 0.25) is 0 Å². The normalized spacial score (nSPS) is 12.8. The van der Waals surface area contributed by atoms with Crippen LogP contribution in [-0.2, 0) is 19.6 Å². The lowest BCUT2D eigenvalue weighted by Gasteiger charge is -2.38. The maximum atomic E-state index is 10.9. The predicted octanol–water partition coefficient (Wildman–Crippen LogP) is 1.56. The lowest BCUT2D eigenvalue weighted by atomic mass is 10.2. The first-order chi connectivity index (χ1) is 9.89. The van der Waals surface area contributed by atoms with E-state index in [0.29, 0.717) is 26.2 Å². The molecule has 0 saturated heterocycles. The molecule has 7 heteroatoms. The van der Waals surface area contributed by atoms with Crippen molar-refractivity contribution >= 4 is 10.1 Å². The SMILES string of the molecule is CCC[N+](CCC)(CCCS(=O)(=O)O)CCOCCOC. The molecule has 0 bridgehead atoms. The van der Waals surface area contributed by atoms with Gasteiger partial charge in [-0.05, 0) is 12.8 Å². The summed E-state index contributed by atoms with van der Waals surface area (Å²) in [6, 6.07) is 0. The molecule has 1 N–H and O–H groups in total. The fourth-order valence-corrected chi connectivity index (χ4v) is 3.20. The van der Waals surface area contributed by atoms with Crippen molar-refractivity contribution in [1.82, 2.24) is 0 Å². The number of methoxy groups -OCH3 is 1. The second kappa shape index (κ2) is 11.4. The zero-order valence-corrected chi connectivity index (χ0v) is 14.5. The Morgan fingerprint density at radius 2 is 1.57 bits per heavy atom. The lowest BCUT2D eigenvalue weighted by molar-refractivity contribution is -0.928. The van der Waals surface area contributed by atoms with Crippen LogP contribution in [0.1, 0.15) is 33.1 Å². The minimum absolute atomic E-state index is 0.162. The van der Waals surface area contributed by atoms with Gasteiger partial charge in [-0.15, -0.1) is 0 Å². The zero-order chi connectivity index (χ0) is 16.2. The Kier molecular flexibility index (Phi) is 11.3. The Bertz CT molecular complexity index is 339. The van der Waals surface area contributed by atoms with Gasteiger partial charge in [-0.25, -0.2) is 0 Å². The van der Waals surface area contributed by atoms with E-state index in [4.69, 9.17) is 14.0 Å². The predicted molar refractivity (Wildman–Crippen MR) is 84.0 cm³/mol. The molecule has 0 atom stereocenters. The first-order valence-electron chi connectivity index (χ1n) is 7.76. The molecule has 0 aliphatic heterocycles. The number of hydrogen-bond donors (Lipinski definition) is 1. The molecule has 0 aliphatic rings. The molecule has 0 fully saturated rings. The summed E-state index contributed by atoms with van der Waals surface area (Å²) in [5.74, 6) is -0.162. The number of nitrogens with zero attached hydrogens (tertiary/aromatic N) is 1. The van der Waals surface area contributed by atoms with Crippen LogP contribution in [0, 0.1) is 0 Å². The van der Waals surface area contributed by atoms with Crippen LogP contribution >= 0.6 is 0 Å². The summed E-state index contributed by atoms with van der Waals surface area (Å²) in [5.41, 5.74) is 0. The third kappa shape index (κ3) is 11.1. The molecule has 0 aromatic rings. The Balaban J connectivity index is 4.43. The van der Waals surface area contributed by atoms with Gasteiger partial charge in [0.1, 0.15) is 6.54 Å². The summed E-state index contributed by atoms with van der Waals surface area (Å²) in [4.78, 5) is 0. The summed E-state index contributed by atoms with van der Waals surface area (Å²) < 4.78 is 42.0. The van der Waals surface area contributed by atoms with Crippen LogP contribution in [0.3, 0.4) is 0 Å². The smallest absolute Gasteiger partial charge is 0.265 e. The lowest BCUT2D eigenvalue weighted by Crippen LogP contribution is -2.52. The molecule has 21 heavy (non-hydrogen) atoms. The van der Waals surface area contributed by atoms with E-state index in [9.17, 15) is 8.42 Å². The molecule has 0 radical (unpaired) electrons. The molecule has 0 heterocycles. The molecule has 0 aromatic heterocycles. The summed E-state index contributed by atoms with van der Waals surface area (Å²) in [5, 5.41) is 0. The van der Waals surface area contributed by atoms with E-state index < -0.39 is 10.1 Å². The van der Waals surface area contributed by atoms with Gasteiger partial charge in [0.25, 0.3) is 10.1 Å². The maximum absolute atomic E-state index is 10.9. The molecule has 0 amide bonds. The molecule has 0 rings (SSSR count). The van der Waals surface area contributed by atoms with E-state index in [1.54, 1.807) is 7.11 Å². The van der Waals surface area contributed by atoms with Crippen molar-refractivity contribution in [2.75, 3.05) is 58.9 Å². The molecule has 0 spiro atoms. The van der Waals surface area contributed by atoms with Crippen LogP contribution in [0.4, 0.5) is 0 Å². The van der Waals surface area contributed by atoms with E-state index in [1.807, 2.05) is 0 Å². The van der Waals surface area contributed by atoms with E-state index in [1.165, 1.54) is 0 Å². The minimum atomic E-state index is -3.87. The molecule has 0 saturated carbocycles. The quantitative estimate of drug-likeness (QED) is 0.298. The van der Waals surface area contributed by atoms with Gasteiger partial charge in [0, 0.05) is 13.5 Å². The summed E-state index contributed by atoms with van der Waals surface area (Å²) in [6.45, 7) is 9.74. The summed E-state index contributed by atoms with van der Waals surface area (Å²) in [7, 11) is -2.22. The first-order valence-corrected chi connectivity index (χ1v) is 9.37. The molecular formula is C14H32NO5S+. The van der Waals surface area contributed by atoms with Crippen LogP contribution in [-0.4, -0.2) is 76.3 Å². The van der Waals surface area contributed by atoms with Gasteiger partial charge >= 0.3 is 0 Å². The van der Waals surface area contributed by atoms with Crippen LogP contribution in [0.5, 0.6) is 0 Å². The van der Waals surface area contributed by atoms with Crippen molar-refractivity contribution in [2.45, 2.75) is 33.1 Å². The molecule has 128 valence electrons. The van der Waals surface area contributed by atoms with Gasteiger partial charge in [-0.1, -0.05) is 13.8 Å². The average molecular weight is 326 g/mol. The Labute approximate surface area is 129 Å². The van der Waals surface area contributed by atoms with E-state index in [2.05, 4.69) is 13.8 Å². The van der Waals surface area contributed by atoms with Crippen molar-refractivity contribution in [3.05, 3.63) is 0 Å². The third-order valence-electron chi connectivity index (χ3n) is 3.57. The van der Waals surface area contributed by atoms with Crippen LogP contribution in [0.25, 0.3) is 0 Å². The molecule has 0 unspecified atom stereocenters. The highest BCUT2D eigenvalue weighted by Crippen LogP contribution is 2.12. The highest BCUT2D eigenvalue weighted by Gasteiger charge is 2.25. The highest BCUT2D eigenvalue weighted by molar-refractivity contribution is 7.85. The first kappa shape index (κ1) is 20.8. The molecule has 6 nitrogen and oxygen atoms in total. The Hall–Kier alpha value is -0.210. The Morgan fingerprint density at radius 3 is 2.05 bits per heavy atom. The second-order valence-corrected chi connectivity index (χ2v) is 7.05. The van der Waals surface area contributed by atoms with Gasteiger partial charge in [0.2, 0.25) is 0 Å². The van der Waals surface area contributed by atoms with Gasteiger partial charge in [-0.2, -0.15) is 8.42 Å².